The van der Waals surface area contributed by atoms with Crippen LogP contribution < -0.4 is 5.32 Å². The third kappa shape index (κ3) is 2.76. The fourth-order valence-electron chi connectivity index (χ4n) is 1.88. The summed E-state index contributed by atoms with van der Waals surface area (Å²) >= 11 is 0. The molecule has 2 rings (SSSR count). The van der Waals surface area contributed by atoms with Gasteiger partial charge in [0.05, 0.1) is 6.20 Å². The first kappa shape index (κ1) is 12.8. The monoisotopic (exact) mass is 247 g/mol. The molecule has 0 bridgehead atoms. The molecule has 0 aliphatic rings. The smallest absolute Gasteiger partial charge is 0.123 e. The summed E-state index contributed by atoms with van der Waals surface area (Å²) < 4.78 is 15.0. The molecule has 0 aliphatic heterocycles. The van der Waals surface area contributed by atoms with Gasteiger partial charge in [-0.2, -0.15) is 5.10 Å². The lowest BCUT2D eigenvalue weighted by Gasteiger charge is -2.08. The molecule has 1 aromatic carbocycles. The van der Waals surface area contributed by atoms with Gasteiger partial charge in [-0.3, -0.25) is 4.68 Å². The molecular formula is C14H18FN3. The molecule has 1 N–H and O–H groups in total. The minimum Gasteiger partial charge on any atom is -0.308 e. The van der Waals surface area contributed by atoms with Crippen LogP contribution in [0.2, 0.25) is 0 Å². The summed E-state index contributed by atoms with van der Waals surface area (Å²) in [5, 5.41) is 7.51. The summed E-state index contributed by atoms with van der Waals surface area (Å²) in [4.78, 5) is 0. The zero-order valence-electron chi connectivity index (χ0n) is 11.0. The molecule has 0 saturated heterocycles. The number of halogens is 1. The van der Waals surface area contributed by atoms with E-state index in [9.17, 15) is 4.39 Å². The first-order valence-corrected chi connectivity index (χ1v) is 6.01. The van der Waals surface area contributed by atoms with Crippen LogP contribution in [-0.2, 0) is 20.1 Å². The minimum absolute atomic E-state index is 0.185. The molecule has 1 aromatic heterocycles. The van der Waals surface area contributed by atoms with Crippen LogP contribution >= 0.6 is 0 Å². The standard InChI is InChI=1S/C14H18FN3/c1-10-4-5-14(15)6-12(10)7-16-8-13-9-17-18(3)11(13)2/h4-6,9,16H,7-8H2,1-3H3. The lowest BCUT2D eigenvalue weighted by molar-refractivity contribution is 0.618. The van der Waals surface area contributed by atoms with E-state index in [2.05, 4.69) is 10.4 Å². The van der Waals surface area contributed by atoms with E-state index in [0.29, 0.717) is 6.54 Å². The molecule has 0 amide bonds. The first-order valence-electron chi connectivity index (χ1n) is 6.01. The Hall–Kier alpha value is -1.68. The summed E-state index contributed by atoms with van der Waals surface area (Å²) in [5.41, 5.74) is 4.42. The van der Waals surface area contributed by atoms with Crippen molar-refractivity contribution in [3.63, 3.8) is 0 Å². The summed E-state index contributed by atoms with van der Waals surface area (Å²) in [7, 11) is 1.93. The summed E-state index contributed by atoms with van der Waals surface area (Å²) in [6.07, 6.45) is 1.86. The number of hydrogen-bond donors (Lipinski definition) is 1. The van der Waals surface area contributed by atoms with E-state index in [4.69, 9.17) is 0 Å². The second-order valence-corrected chi connectivity index (χ2v) is 4.55. The molecule has 0 saturated carbocycles. The molecule has 0 fully saturated rings. The third-order valence-corrected chi connectivity index (χ3v) is 3.28. The second-order valence-electron chi connectivity index (χ2n) is 4.55. The van der Waals surface area contributed by atoms with Gasteiger partial charge in [-0.15, -0.1) is 0 Å². The van der Waals surface area contributed by atoms with Crippen molar-refractivity contribution in [1.29, 1.82) is 0 Å². The van der Waals surface area contributed by atoms with E-state index < -0.39 is 0 Å². The van der Waals surface area contributed by atoms with Crippen LogP contribution in [-0.4, -0.2) is 9.78 Å². The lowest BCUT2D eigenvalue weighted by Crippen LogP contribution is -2.14. The fourth-order valence-corrected chi connectivity index (χ4v) is 1.88. The Morgan fingerprint density at radius 1 is 1.22 bits per heavy atom. The third-order valence-electron chi connectivity index (χ3n) is 3.28. The Labute approximate surface area is 107 Å². The fraction of sp³-hybridized carbons (Fsp3) is 0.357. The first-order chi connectivity index (χ1) is 8.58. The molecule has 2 aromatic rings. The van der Waals surface area contributed by atoms with Crippen molar-refractivity contribution < 1.29 is 4.39 Å². The SMILES string of the molecule is Cc1ccc(F)cc1CNCc1cnn(C)c1C. The number of nitrogens with one attached hydrogen (secondary N) is 1. The molecule has 96 valence electrons. The molecule has 0 spiro atoms. The van der Waals surface area contributed by atoms with Crippen LogP contribution in [0.4, 0.5) is 4.39 Å². The van der Waals surface area contributed by atoms with Crippen LogP contribution in [0.3, 0.4) is 0 Å². The molecule has 0 unspecified atom stereocenters. The molecule has 0 atom stereocenters. The average molecular weight is 247 g/mol. The van der Waals surface area contributed by atoms with Crippen molar-refractivity contribution >= 4 is 0 Å². The van der Waals surface area contributed by atoms with Crippen molar-refractivity contribution in [3.05, 3.63) is 52.6 Å². The Kier molecular flexibility index (Phi) is 3.77. The minimum atomic E-state index is -0.185. The normalized spacial score (nSPS) is 10.9. The van der Waals surface area contributed by atoms with Crippen LogP contribution in [0.25, 0.3) is 0 Å². The number of aryl methyl sites for hydroxylation is 2. The average Bonchev–Trinajstić information content (AvgIpc) is 2.65. The topological polar surface area (TPSA) is 29.9 Å². The largest absolute Gasteiger partial charge is 0.308 e. The number of aromatic nitrogens is 2. The number of rotatable bonds is 4. The Morgan fingerprint density at radius 2 is 1.94 bits per heavy atom. The van der Waals surface area contributed by atoms with Crippen LogP contribution in [0.5, 0.6) is 0 Å². The van der Waals surface area contributed by atoms with E-state index in [1.54, 1.807) is 6.07 Å². The van der Waals surface area contributed by atoms with Crippen molar-refractivity contribution in [2.45, 2.75) is 26.9 Å². The summed E-state index contributed by atoms with van der Waals surface area (Å²) in [6, 6.07) is 4.88. The van der Waals surface area contributed by atoms with Gasteiger partial charge in [-0.1, -0.05) is 6.07 Å². The van der Waals surface area contributed by atoms with Crippen molar-refractivity contribution in [2.24, 2.45) is 7.05 Å². The Morgan fingerprint density at radius 3 is 2.61 bits per heavy atom. The highest BCUT2D eigenvalue weighted by atomic mass is 19.1. The van der Waals surface area contributed by atoms with Gasteiger partial charge >= 0.3 is 0 Å². The van der Waals surface area contributed by atoms with Gasteiger partial charge in [0.2, 0.25) is 0 Å². The molecular weight excluding hydrogens is 229 g/mol. The van der Waals surface area contributed by atoms with Gasteiger partial charge in [0, 0.05) is 31.4 Å². The predicted octanol–water partition coefficient (Wildman–Crippen LogP) is 2.47. The molecule has 1 heterocycles. The number of nitrogens with zero attached hydrogens (tertiary/aromatic N) is 2. The van der Waals surface area contributed by atoms with Gasteiger partial charge in [-0.25, -0.2) is 4.39 Å². The zero-order valence-corrected chi connectivity index (χ0v) is 11.0. The van der Waals surface area contributed by atoms with Crippen LogP contribution in [0, 0.1) is 19.7 Å². The molecule has 3 nitrogen and oxygen atoms in total. The maximum atomic E-state index is 13.1. The highest BCUT2D eigenvalue weighted by molar-refractivity contribution is 5.26. The van der Waals surface area contributed by atoms with E-state index in [1.807, 2.05) is 37.8 Å². The van der Waals surface area contributed by atoms with Crippen LogP contribution in [0.15, 0.2) is 24.4 Å². The number of benzene rings is 1. The molecule has 18 heavy (non-hydrogen) atoms. The van der Waals surface area contributed by atoms with Crippen LogP contribution in [0.1, 0.15) is 22.4 Å². The van der Waals surface area contributed by atoms with E-state index in [-0.39, 0.29) is 5.82 Å². The maximum Gasteiger partial charge on any atom is 0.123 e. The van der Waals surface area contributed by atoms with Gasteiger partial charge < -0.3 is 5.32 Å². The molecule has 4 heteroatoms. The van der Waals surface area contributed by atoms with Gasteiger partial charge in [0.15, 0.2) is 0 Å². The quantitative estimate of drug-likeness (QED) is 0.899. The highest BCUT2D eigenvalue weighted by Gasteiger charge is 2.04. The zero-order chi connectivity index (χ0) is 13.1. The predicted molar refractivity (Wildman–Crippen MR) is 69.6 cm³/mol. The Bertz CT molecular complexity index is 546. The Balaban J connectivity index is 1.96. The van der Waals surface area contributed by atoms with Gasteiger partial charge in [-0.05, 0) is 37.1 Å². The lowest BCUT2D eigenvalue weighted by atomic mass is 10.1. The van der Waals surface area contributed by atoms with Crippen molar-refractivity contribution in [2.75, 3.05) is 0 Å². The second kappa shape index (κ2) is 5.31. The van der Waals surface area contributed by atoms with Crippen molar-refractivity contribution in [1.82, 2.24) is 15.1 Å². The van der Waals surface area contributed by atoms with E-state index in [0.717, 1.165) is 23.4 Å². The van der Waals surface area contributed by atoms with Crippen molar-refractivity contribution in [3.8, 4) is 0 Å². The van der Waals surface area contributed by atoms with Gasteiger partial charge in [0.1, 0.15) is 5.82 Å². The highest BCUT2D eigenvalue weighted by Crippen LogP contribution is 2.11. The maximum absolute atomic E-state index is 13.1. The molecule has 0 radical (unpaired) electrons. The van der Waals surface area contributed by atoms with Gasteiger partial charge in [0.25, 0.3) is 0 Å². The number of hydrogen-bond acceptors (Lipinski definition) is 2. The summed E-state index contributed by atoms with van der Waals surface area (Å²) in [6.45, 7) is 5.44. The van der Waals surface area contributed by atoms with E-state index in [1.165, 1.54) is 11.6 Å². The molecule has 0 aliphatic carbocycles. The summed E-state index contributed by atoms with van der Waals surface area (Å²) in [5.74, 6) is -0.185. The van der Waals surface area contributed by atoms with E-state index >= 15 is 0 Å².